The number of likely N-dealkylation sites (N-methyl/N-ethyl adjacent to an activating group) is 1. The summed E-state index contributed by atoms with van der Waals surface area (Å²) in [5.74, 6) is -0.169. The standard InChI is InChI=1S/C18H34N4O4S/c1-15-5-7-16(8-6-15)19-27(25,26)14-18(24)22-10-4-9-21(11-12-22)13-17(23)20(2)3/h15-16,19H,4-14H2,1-3H3. The van der Waals surface area contributed by atoms with Gasteiger partial charge in [-0.25, -0.2) is 13.1 Å². The number of nitrogens with zero attached hydrogens (tertiary/aromatic N) is 3. The fourth-order valence-electron chi connectivity index (χ4n) is 3.64. The third-order valence-corrected chi connectivity index (χ3v) is 6.79. The lowest BCUT2D eigenvalue weighted by Gasteiger charge is -2.27. The second-order valence-corrected chi connectivity index (χ2v) is 9.89. The Kier molecular flexibility index (Phi) is 8.05. The average Bonchev–Trinajstić information content (AvgIpc) is 2.82. The van der Waals surface area contributed by atoms with Gasteiger partial charge >= 0.3 is 0 Å². The highest BCUT2D eigenvalue weighted by atomic mass is 32.2. The van der Waals surface area contributed by atoms with E-state index in [-0.39, 0.29) is 17.9 Å². The van der Waals surface area contributed by atoms with Crippen LogP contribution in [0.5, 0.6) is 0 Å². The van der Waals surface area contributed by atoms with Crippen molar-refractivity contribution in [1.29, 1.82) is 0 Å². The molecule has 8 nitrogen and oxygen atoms in total. The van der Waals surface area contributed by atoms with Gasteiger partial charge in [-0.2, -0.15) is 0 Å². The second kappa shape index (κ2) is 9.84. The van der Waals surface area contributed by atoms with Crippen LogP contribution in [0.4, 0.5) is 0 Å². The lowest BCUT2D eigenvalue weighted by atomic mass is 9.88. The fraction of sp³-hybridized carbons (Fsp3) is 0.889. The predicted molar refractivity (Wildman–Crippen MR) is 105 cm³/mol. The first-order chi connectivity index (χ1) is 12.7. The van der Waals surface area contributed by atoms with E-state index in [2.05, 4.69) is 11.6 Å². The van der Waals surface area contributed by atoms with E-state index >= 15 is 0 Å². The highest BCUT2D eigenvalue weighted by Gasteiger charge is 2.28. The molecule has 0 aromatic rings. The van der Waals surface area contributed by atoms with Crippen LogP contribution in [0.3, 0.4) is 0 Å². The number of hydrogen-bond acceptors (Lipinski definition) is 5. The van der Waals surface area contributed by atoms with E-state index in [4.69, 9.17) is 0 Å². The molecule has 2 aliphatic rings. The van der Waals surface area contributed by atoms with Crippen LogP contribution in [-0.2, 0) is 19.6 Å². The first-order valence-electron chi connectivity index (χ1n) is 9.86. The lowest BCUT2D eigenvalue weighted by molar-refractivity contribution is -0.129. The van der Waals surface area contributed by atoms with Gasteiger partial charge in [0.05, 0.1) is 6.54 Å². The molecular formula is C18H34N4O4S. The molecule has 0 unspecified atom stereocenters. The van der Waals surface area contributed by atoms with Crippen molar-refractivity contribution in [2.75, 3.05) is 52.6 Å². The van der Waals surface area contributed by atoms with Gasteiger partial charge in [-0.15, -0.1) is 0 Å². The third kappa shape index (κ3) is 7.38. The Labute approximate surface area is 163 Å². The van der Waals surface area contributed by atoms with E-state index in [0.717, 1.165) is 38.6 Å². The molecule has 1 N–H and O–H groups in total. The van der Waals surface area contributed by atoms with E-state index in [1.54, 1.807) is 23.9 Å². The average molecular weight is 403 g/mol. The van der Waals surface area contributed by atoms with Crippen LogP contribution in [0.15, 0.2) is 0 Å². The number of amides is 2. The molecule has 2 amide bonds. The number of carbonyl (C=O) groups is 2. The number of carbonyl (C=O) groups excluding carboxylic acids is 2. The molecule has 27 heavy (non-hydrogen) atoms. The molecule has 2 rings (SSSR count). The van der Waals surface area contributed by atoms with Gasteiger partial charge in [0.25, 0.3) is 0 Å². The smallest absolute Gasteiger partial charge is 0.239 e. The maximum atomic E-state index is 12.5. The van der Waals surface area contributed by atoms with Crippen molar-refractivity contribution in [3.05, 3.63) is 0 Å². The Morgan fingerprint density at radius 2 is 1.70 bits per heavy atom. The van der Waals surface area contributed by atoms with Crippen LogP contribution in [0, 0.1) is 5.92 Å². The van der Waals surface area contributed by atoms with Crippen molar-refractivity contribution >= 4 is 21.8 Å². The summed E-state index contributed by atoms with van der Waals surface area (Å²) in [5, 5.41) is 0. The van der Waals surface area contributed by atoms with Crippen LogP contribution in [0.1, 0.15) is 39.0 Å². The van der Waals surface area contributed by atoms with E-state index < -0.39 is 15.8 Å². The fourth-order valence-corrected chi connectivity index (χ4v) is 4.97. The Morgan fingerprint density at radius 3 is 2.33 bits per heavy atom. The topological polar surface area (TPSA) is 90.0 Å². The van der Waals surface area contributed by atoms with Crippen molar-refractivity contribution in [3.63, 3.8) is 0 Å². The van der Waals surface area contributed by atoms with Crippen LogP contribution in [0.25, 0.3) is 0 Å². The molecule has 1 aliphatic carbocycles. The minimum absolute atomic E-state index is 0.0309. The molecule has 0 aromatic heterocycles. The number of nitrogens with one attached hydrogen (secondary N) is 1. The van der Waals surface area contributed by atoms with E-state index in [9.17, 15) is 18.0 Å². The number of sulfonamides is 1. The second-order valence-electron chi connectivity index (χ2n) is 8.13. The van der Waals surface area contributed by atoms with Crippen LogP contribution < -0.4 is 4.72 Å². The first kappa shape index (κ1) is 22.1. The zero-order valence-corrected chi connectivity index (χ0v) is 17.6. The van der Waals surface area contributed by atoms with Crippen molar-refractivity contribution in [2.24, 2.45) is 5.92 Å². The largest absolute Gasteiger partial charge is 0.348 e. The van der Waals surface area contributed by atoms with Crippen molar-refractivity contribution in [2.45, 2.75) is 45.1 Å². The summed E-state index contributed by atoms with van der Waals surface area (Å²) in [5.41, 5.74) is 0. The highest BCUT2D eigenvalue weighted by molar-refractivity contribution is 7.90. The van der Waals surface area contributed by atoms with Crippen molar-refractivity contribution < 1.29 is 18.0 Å². The molecule has 1 aliphatic heterocycles. The minimum Gasteiger partial charge on any atom is -0.348 e. The summed E-state index contributed by atoms with van der Waals surface area (Å²) in [6, 6.07) is -0.0457. The molecule has 0 atom stereocenters. The van der Waals surface area contributed by atoms with Crippen LogP contribution in [-0.4, -0.2) is 93.5 Å². The summed E-state index contributed by atoms with van der Waals surface area (Å²) in [7, 11) is -0.172. The van der Waals surface area contributed by atoms with Crippen molar-refractivity contribution in [3.8, 4) is 0 Å². The van der Waals surface area contributed by atoms with Gasteiger partial charge in [-0.05, 0) is 38.0 Å². The molecule has 156 valence electrons. The summed E-state index contributed by atoms with van der Waals surface area (Å²) < 4.78 is 27.5. The quantitative estimate of drug-likeness (QED) is 0.681. The summed E-state index contributed by atoms with van der Waals surface area (Å²) >= 11 is 0. The summed E-state index contributed by atoms with van der Waals surface area (Å²) in [6.07, 6.45) is 4.46. The van der Waals surface area contributed by atoms with E-state index in [1.807, 2.05) is 4.90 Å². The Hall–Kier alpha value is -1.19. The zero-order valence-electron chi connectivity index (χ0n) is 16.8. The molecule has 2 fully saturated rings. The SMILES string of the molecule is CC1CCC(NS(=O)(=O)CC(=O)N2CCCN(CC(=O)N(C)C)CC2)CC1. The summed E-state index contributed by atoms with van der Waals surface area (Å²) in [4.78, 5) is 29.5. The van der Waals surface area contributed by atoms with Crippen LogP contribution >= 0.6 is 0 Å². The zero-order chi connectivity index (χ0) is 20.0. The minimum atomic E-state index is -3.62. The van der Waals surface area contributed by atoms with Gasteiger partial charge in [0.2, 0.25) is 21.8 Å². The Balaban J connectivity index is 1.81. The van der Waals surface area contributed by atoms with Crippen LogP contribution in [0.2, 0.25) is 0 Å². The Morgan fingerprint density at radius 1 is 1.04 bits per heavy atom. The molecular weight excluding hydrogens is 368 g/mol. The van der Waals surface area contributed by atoms with Gasteiger partial charge in [-0.1, -0.05) is 6.92 Å². The predicted octanol–water partition coefficient (Wildman–Crippen LogP) is 0.107. The number of rotatable bonds is 6. The molecule has 0 spiro atoms. The van der Waals surface area contributed by atoms with Gasteiger partial charge in [0.15, 0.2) is 0 Å². The van der Waals surface area contributed by atoms with E-state index in [1.165, 1.54) is 0 Å². The molecule has 1 heterocycles. The summed E-state index contributed by atoms with van der Waals surface area (Å²) in [6.45, 7) is 4.81. The van der Waals surface area contributed by atoms with Crippen molar-refractivity contribution in [1.82, 2.24) is 19.4 Å². The molecule has 0 aromatic carbocycles. The maximum Gasteiger partial charge on any atom is 0.239 e. The molecule has 0 bridgehead atoms. The van der Waals surface area contributed by atoms with Gasteiger partial charge in [-0.3, -0.25) is 14.5 Å². The van der Waals surface area contributed by atoms with Gasteiger partial charge in [0, 0.05) is 46.3 Å². The van der Waals surface area contributed by atoms with Gasteiger partial charge in [0.1, 0.15) is 5.75 Å². The normalized spacial score (nSPS) is 25.1. The highest BCUT2D eigenvalue weighted by Crippen LogP contribution is 2.23. The molecule has 1 saturated carbocycles. The van der Waals surface area contributed by atoms with E-state index in [0.29, 0.717) is 32.1 Å². The molecule has 9 heteroatoms. The number of hydrogen-bond donors (Lipinski definition) is 1. The first-order valence-corrected chi connectivity index (χ1v) is 11.5. The Bertz CT molecular complexity index is 615. The lowest BCUT2D eigenvalue weighted by Crippen LogP contribution is -2.45. The van der Waals surface area contributed by atoms with Gasteiger partial charge < -0.3 is 9.80 Å². The molecule has 0 radical (unpaired) electrons. The molecule has 1 saturated heterocycles. The monoisotopic (exact) mass is 402 g/mol. The third-order valence-electron chi connectivity index (χ3n) is 5.47. The maximum absolute atomic E-state index is 12.5.